The summed E-state index contributed by atoms with van der Waals surface area (Å²) in [7, 11) is -3.74. The highest BCUT2D eigenvalue weighted by molar-refractivity contribution is 7.89. The van der Waals surface area contributed by atoms with E-state index in [4.69, 9.17) is 9.47 Å². The summed E-state index contributed by atoms with van der Waals surface area (Å²) in [5.74, 6) is -1.85. The van der Waals surface area contributed by atoms with E-state index in [9.17, 15) is 22.4 Å². The second-order valence-corrected chi connectivity index (χ2v) is 7.71. The third-order valence-electron chi connectivity index (χ3n) is 3.98. The maximum Gasteiger partial charge on any atom is 0.355 e. The van der Waals surface area contributed by atoms with Crippen LogP contribution in [0.3, 0.4) is 0 Å². The van der Waals surface area contributed by atoms with Crippen LogP contribution in [0.1, 0.15) is 20.8 Å². The van der Waals surface area contributed by atoms with Crippen molar-refractivity contribution in [2.24, 2.45) is 0 Å². The number of nitrogens with zero attached hydrogens (tertiary/aromatic N) is 1. The molecule has 3 rings (SSSR count). The fourth-order valence-corrected chi connectivity index (χ4v) is 3.91. The lowest BCUT2D eigenvalue weighted by molar-refractivity contribution is 0.0469. The minimum absolute atomic E-state index is 0.0683. The van der Waals surface area contributed by atoms with Gasteiger partial charge in [0.25, 0.3) is 0 Å². The molecule has 1 aliphatic rings. The maximum absolute atomic E-state index is 12.9. The number of ketones is 1. The molecule has 8 nitrogen and oxygen atoms in total. The van der Waals surface area contributed by atoms with E-state index in [2.05, 4.69) is 4.98 Å². The monoisotopic (exact) mass is 396 g/mol. The summed E-state index contributed by atoms with van der Waals surface area (Å²) in [4.78, 5) is 26.5. The van der Waals surface area contributed by atoms with Crippen molar-refractivity contribution in [3.63, 3.8) is 0 Å². The second kappa shape index (κ2) is 7.99. The number of nitrogens with one attached hydrogen (secondary N) is 1. The third-order valence-corrected chi connectivity index (χ3v) is 5.86. The van der Waals surface area contributed by atoms with Crippen molar-refractivity contribution in [3.8, 4) is 0 Å². The van der Waals surface area contributed by atoms with Gasteiger partial charge in [-0.25, -0.2) is 17.6 Å². The first-order chi connectivity index (χ1) is 12.9. The minimum atomic E-state index is -3.74. The lowest BCUT2D eigenvalue weighted by atomic mass is 10.1. The van der Waals surface area contributed by atoms with Gasteiger partial charge in [-0.15, -0.1) is 0 Å². The molecule has 1 aromatic carbocycles. The lowest BCUT2D eigenvalue weighted by Crippen LogP contribution is -2.40. The first-order valence-corrected chi connectivity index (χ1v) is 9.54. The van der Waals surface area contributed by atoms with E-state index < -0.39 is 34.2 Å². The summed E-state index contributed by atoms with van der Waals surface area (Å²) >= 11 is 0. The van der Waals surface area contributed by atoms with Crippen molar-refractivity contribution in [2.45, 2.75) is 4.90 Å². The molecule has 0 atom stereocenters. The predicted molar refractivity (Wildman–Crippen MR) is 91.4 cm³/mol. The van der Waals surface area contributed by atoms with Crippen LogP contribution in [0.25, 0.3) is 0 Å². The summed E-state index contributed by atoms with van der Waals surface area (Å²) in [6, 6.07) is 5.99. The van der Waals surface area contributed by atoms with Crippen LogP contribution in [0.2, 0.25) is 0 Å². The number of sulfonamides is 1. The Labute approximate surface area is 154 Å². The fourth-order valence-electron chi connectivity index (χ4n) is 2.51. The van der Waals surface area contributed by atoms with Crippen LogP contribution in [0.4, 0.5) is 4.39 Å². The van der Waals surface area contributed by atoms with Crippen molar-refractivity contribution in [3.05, 3.63) is 53.6 Å². The number of benzene rings is 1. The van der Waals surface area contributed by atoms with Crippen LogP contribution in [0, 0.1) is 5.82 Å². The highest BCUT2D eigenvalue weighted by Gasteiger charge is 2.28. The number of aromatic nitrogens is 1. The van der Waals surface area contributed by atoms with E-state index in [-0.39, 0.29) is 29.2 Å². The zero-order valence-corrected chi connectivity index (χ0v) is 15.0. The van der Waals surface area contributed by atoms with Gasteiger partial charge in [-0.3, -0.25) is 4.79 Å². The quantitative estimate of drug-likeness (QED) is 0.581. The van der Waals surface area contributed by atoms with Crippen molar-refractivity contribution in [1.82, 2.24) is 9.29 Å². The van der Waals surface area contributed by atoms with Gasteiger partial charge >= 0.3 is 5.97 Å². The van der Waals surface area contributed by atoms with Gasteiger partial charge in [-0.1, -0.05) is 0 Å². The van der Waals surface area contributed by atoms with Crippen LogP contribution in [-0.2, 0) is 19.5 Å². The molecule has 2 heterocycles. The molecule has 1 aliphatic heterocycles. The molecule has 0 bridgehead atoms. The number of esters is 1. The Morgan fingerprint density at radius 2 is 1.85 bits per heavy atom. The van der Waals surface area contributed by atoms with E-state index in [1.807, 2.05) is 0 Å². The van der Waals surface area contributed by atoms with Gasteiger partial charge in [-0.05, 0) is 30.3 Å². The topological polar surface area (TPSA) is 106 Å². The average molecular weight is 396 g/mol. The van der Waals surface area contributed by atoms with E-state index in [0.29, 0.717) is 13.2 Å². The Morgan fingerprint density at radius 1 is 1.19 bits per heavy atom. The summed E-state index contributed by atoms with van der Waals surface area (Å²) in [5, 5.41) is 0. The molecular weight excluding hydrogens is 379 g/mol. The van der Waals surface area contributed by atoms with Gasteiger partial charge in [0, 0.05) is 24.8 Å². The third kappa shape index (κ3) is 4.41. The molecular formula is C17H17FN2O6S. The normalized spacial score (nSPS) is 15.4. The van der Waals surface area contributed by atoms with E-state index in [1.54, 1.807) is 0 Å². The second-order valence-electron chi connectivity index (χ2n) is 5.77. The zero-order valence-electron chi connectivity index (χ0n) is 14.2. The molecule has 1 saturated heterocycles. The number of hydrogen-bond donors (Lipinski definition) is 1. The van der Waals surface area contributed by atoms with Crippen LogP contribution in [0.5, 0.6) is 0 Å². The highest BCUT2D eigenvalue weighted by Crippen LogP contribution is 2.18. The molecule has 2 aromatic rings. The smallest absolute Gasteiger partial charge is 0.355 e. The number of carbonyl (C=O) groups excluding carboxylic acids is 2. The molecule has 10 heteroatoms. The summed E-state index contributed by atoms with van der Waals surface area (Å²) in [6.45, 7) is 0.544. The van der Waals surface area contributed by atoms with Crippen molar-refractivity contribution in [2.75, 3.05) is 32.9 Å². The number of rotatable bonds is 6. The Balaban J connectivity index is 1.63. The van der Waals surface area contributed by atoms with Gasteiger partial charge in [0.15, 0.2) is 12.4 Å². The summed E-state index contributed by atoms with van der Waals surface area (Å²) < 4.78 is 49.2. The first kappa shape index (κ1) is 19.2. The van der Waals surface area contributed by atoms with Crippen LogP contribution >= 0.6 is 0 Å². The number of H-pyrrole nitrogens is 1. The molecule has 1 fully saturated rings. The molecule has 0 radical (unpaired) electrons. The highest BCUT2D eigenvalue weighted by atomic mass is 32.2. The van der Waals surface area contributed by atoms with Gasteiger partial charge in [0.05, 0.1) is 13.2 Å². The molecule has 144 valence electrons. The standard InChI is InChI=1S/C17H17FN2O6S/c18-13-3-1-12(2-4-13)16(21)11-26-17(22)15-9-14(10-19-15)27(23,24)20-5-7-25-8-6-20/h1-4,9-10,19H,5-8,11H2. The number of Topliss-reactive ketones (excluding diaryl/α,β-unsaturated/α-hetero) is 1. The Bertz CT molecular complexity index is 933. The van der Waals surface area contributed by atoms with Crippen molar-refractivity contribution >= 4 is 21.8 Å². The fraction of sp³-hybridized carbons (Fsp3) is 0.294. The minimum Gasteiger partial charge on any atom is -0.453 e. The van der Waals surface area contributed by atoms with E-state index >= 15 is 0 Å². The van der Waals surface area contributed by atoms with Crippen LogP contribution < -0.4 is 0 Å². The van der Waals surface area contributed by atoms with Crippen molar-refractivity contribution < 1.29 is 31.9 Å². The number of aromatic amines is 1. The van der Waals surface area contributed by atoms with Gasteiger partial charge in [0.2, 0.25) is 10.0 Å². The average Bonchev–Trinajstić information content (AvgIpc) is 3.18. The maximum atomic E-state index is 12.9. The molecule has 0 spiro atoms. The molecule has 0 aliphatic carbocycles. The molecule has 0 amide bonds. The number of halogens is 1. The van der Waals surface area contributed by atoms with Crippen LogP contribution in [0.15, 0.2) is 41.4 Å². The molecule has 27 heavy (non-hydrogen) atoms. The zero-order chi connectivity index (χ0) is 19.4. The van der Waals surface area contributed by atoms with E-state index in [1.165, 1.54) is 22.6 Å². The molecule has 0 saturated carbocycles. The Kier molecular flexibility index (Phi) is 5.68. The predicted octanol–water partition coefficient (Wildman–Crippen LogP) is 1.21. The Hall–Kier alpha value is -2.56. The largest absolute Gasteiger partial charge is 0.453 e. The number of ether oxygens (including phenoxy) is 2. The number of hydrogen-bond acceptors (Lipinski definition) is 6. The first-order valence-electron chi connectivity index (χ1n) is 8.10. The van der Waals surface area contributed by atoms with Gasteiger partial charge in [-0.2, -0.15) is 4.31 Å². The van der Waals surface area contributed by atoms with Crippen molar-refractivity contribution in [1.29, 1.82) is 0 Å². The summed E-state index contributed by atoms with van der Waals surface area (Å²) in [5.41, 5.74) is 0.111. The number of morpholine rings is 1. The molecule has 1 aromatic heterocycles. The SMILES string of the molecule is O=C(COC(=O)c1cc(S(=O)(=O)N2CCOCC2)c[nH]1)c1ccc(F)cc1. The van der Waals surface area contributed by atoms with Gasteiger partial charge in [0.1, 0.15) is 16.4 Å². The molecule has 0 unspecified atom stereocenters. The van der Waals surface area contributed by atoms with Crippen LogP contribution in [-0.4, -0.2) is 62.4 Å². The van der Waals surface area contributed by atoms with Gasteiger partial charge < -0.3 is 14.5 Å². The van der Waals surface area contributed by atoms with E-state index in [0.717, 1.165) is 18.2 Å². The Morgan fingerprint density at radius 3 is 2.52 bits per heavy atom. The lowest BCUT2D eigenvalue weighted by Gasteiger charge is -2.25. The number of carbonyl (C=O) groups is 2. The summed E-state index contributed by atoms with van der Waals surface area (Å²) in [6.07, 6.45) is 1.20. The molecule has 1 N–H and O–H groups in total.